The zero-order chi connectivity index (χ0) is 26.9. The van der Waals surface area contributed by atoms with Crippen molar-refractivity contribution < 1.29 is 20.1 Å². The minimum absolute atomic E-state index is 0.0537. The molecule has 0 aromatic carbocycles. The highest BCUT2D eigenvalue weighted by atomic mass is 16.6. The number of ether oxygens (including phenoxy) is 1. The molecule has 2 aliphatic rings. The second-order valence-electron chi connectivity index (χ2n) is 11.6. The van der Waals surface area contributed by atoms with E-state index in [4.69, 9.17) is 15.4 Å². The average Bonchev–Trinajstić information content (AvgIpc) is 3.32. The summed E-state index contributed by atoms with van der Waals surface area (Å²) in [6.45, 7) is 11.9. The minimum atomic E-state index is -1.25. The summed E-state index contributed by atoms with van der Waals surface area (Å²) in [5.74, 6) is 0.230. The number of hydrogen-bond acceptors (Lipinski definition) is 8. The number of rotatable bonds is 8. The van der Waals surface area contributed by atoms with Crippen LogP contribution in [0.15, 0.2) is 41.8 Å². The van der Waals surface area contributed by atoms with Crippen LogP contribution in [-0.2, 0) is 4.74 Å². The summed E-state index contributed by atoms with van der Waals surface area (Å²) in [4.78, 5) is 6.78. The molecule has 6 N–H and O–H groups in total. The van der Waals surface area contributed by atoms with Gasteiger partial charge in [-0.2, -0.15) is 5.26 Å². The molecule has 2 aliphatic heterocycles. The van der Waals surface area contributed by atoms with Crippen LogP contribution >= 0.6 is 0 Å². The first kappa shape index (κ1) is 27.8. The monoisotopic (exact) mass is 497 g/mol. The predicted molar refractivity (Wildman–Crippen MR) is 137 cm³/mol. The largest absolute Gasteiger partial charge is 0.387 e. The maximum atomic E-state index is 10.7. The molecule has 196 valence electrons. The van der Waals surface area contributed by atoms with Crippen molar-refractivity contribution in [2.24, 2.45) is 11.3 Å². The average molecular weight is 498 g/mol. The molecule has 0 amide bonds. The van der Waals surface area contributed by atoms with Gasteiger partial charge in [-0.05, 0) is 63.0 Å². The van der Waals surface area contributed by atoms with Gasteiger partial charge in [0, 0.05) is 0 Å². The summed E-state index contributed by atoms with van der Waals surface area (Å²) >= 11 is 0. The van der Waals surface area contributed by atoms with Gasteiger partial charge in [-0.1, -0.05) is 39.0 Å². The van der Waals surface area contributed by atoms with Gasteiger partial charge in [0.05, 0.1) is 28.8 Å². The van der Waals surface area contributed by atoms with E-state index >= 15 is 0 Å². The fourth-order valence-corrected chi connectivity index (χ4v) is 4.93. The molecular weight excluding hydrogens is 458 g/mol. The predicted octanol–water partition coefficient (Wildman–Crippen LogP) is 3.38. The molecule has 3 heterocycles. The molecule has 0 spiro atoms. The first-order chi connectivity index (χ1) is 16.7. The van der Waals surface area contributed by atoms with E-state index in [0.29, 0.717) is 18.5 Å². The van der Waals surface area contributed by atoms with Gasteiger partial charge in [0.25, 0.3) is 0 Å². The third-order valence-electron chi connectivity index (χ3n) is 6.95. The molecular formula is C27H39N5O4. The van der Waals surface area contributed by atoms with E-state index in [1.54, 1.807) is 6.08 Å². The Labute approximate surface area is 213 Å². The van der Waals surface area contributed by atoms with E-state index in [1.807, 2.05) is 45.1 Å². The molecule has 1 aromatic rings. The molecule has 2 bridgehead atoms. The fourth-order valence-electron chi connectivity index (χ4n) is 4.93. The third kappa shape index (κ3) is 6.13. The van der Waals surface area contributed by atoms with Gasteiger partial charge >= 0.3 is 0 Å². The third-order valence-corrected chi connectivity index (χ3v) is 6.95. The Morgan fingerprint density at radius 2 is 1.94 bits per heavy atom. The lowest BCUT2D eigenvalue weighted by Crippen LogP contribution is -2.43. The highest BCUT2D eigenvalue weighted by Crippen LogP contribution is 2.50. The lowest BCUT2D eigenvalue weighted by molar-refractivity contribution is -0.157. The van der Waals surface area contributed by atoms with Crippen LogP contribution in [0.1, 0.15) is 78.6 Å². The maximum Gasteiger partial charge on any atom is 0.184 e. The topological polar surface area (TPSA) is 158 Å². The van der Waals surface area contributed by atoms with E-state index in [9.17, 15) is 15.3 Å². The Balaban J connectivity index is 1.83. The number of hydrogen-bond donors (Lipinski definition) is 6. The Hall–Kier alpha value is -2.77. The van der Waals surface area contributed by atoms with Crippen molar-refractivity contribution in [3.8, 4) is 6.07 Å². The summed E-state index contributed by atoms with van der Waals surface area (Å²) in [6, 6.07) is 1.94. The van der Waals surface area contributed by atoms with E-state index in [2.05, 4.69) is 36.1 Å². The molecule has 0 aliphatic carbocycles. The molecule has 2 fully saturated rings. The van der Waals surface area contributed by atoms with Crippen LogP contribution in [0.2, 0.25) is 0 Å². The molecule has 9 heteroatoms. The zero-order valence-electron chi connectivity index (χ0n) is 22.0. The first-order valence-electron chi connectivity index (χ1n) is 12.3. The standard InChI is InChI=1S/C27H39N5O4/c1-16(10-11-25(2,3)4)20(29)19(32-24(35)23-30-15-18(14-28)31-23)9-7-8-17-12-26(5)21(33)22(34)27(6,13-17)36-26/h7-10,15,17,21-22,24,29,32-35H,11-13H2,1-6H3,(H,30,31)/b8-7?,16-10+,19-9+,29-20?/t17?,21-,22+,24?,26+,27-. The number of fused-ring (bicyclic) bond motifs is 2. The molecule has 3 rings (SSSR count). The smallest absolute Gasteiger partial charge is 0.184 e. The quantitative estimate of drug-likeness (QED) is 0.182. The van der Waals surface area contributed by atoms with Crippen LogP contribution < -0.4 is 5.32 Å². The molecule has 36 heavy (non-hydrogen) atoms. The van der Waals surface area contributed by atoms with Gasteiger partial charge in [0.15, 0.2) is 12.1 Å². The number of aromatic amines is 1. The Morgan fingerprint density at radius 1 is 1.33 bits per heavy atom. The lowest BCUT2D eigenvalue weighted by atomic mass is 9.84. The Morgan fingerprint density at radius 3 is 2.47 bits per heavy atom. The second kappa shape index (κ2) is 10.3. The van der Waals surface area contributed by atoms with Gasteiger partial charge in [-0.3, -0.25) is 5.41 Å². The summed E-state index contributed by atoms with van der Waals surface area (Å²) in [7, 11) is 0. The van der Waals surface area contributed by atoms with Crippen LogP contribution in [-0.4, -0.2) is 54.4 Å². The summed E-state index contributed by atoms with van der Waals surface area (Å²) in [5.41, 5.74) is 0.0444. The lowest BCUT2D eigenvalue weighted by Gasteiger charge is -2.40. The number of aromatic nitrogens is 2. The molecule has 0 radical (unpaired) electrons. The highest BCUT2D eigenvalue weighted by Gasteiger charge is 2.61. The van der Waals surface area contributed by atoms with Crippen LogP contribution in [0.5, 0.6) is 0 Å². The zero-order valence-corrected chi connectivity index (χ0v) is 22.0. The van der Waals surface area contributed by atoms with Gasteiger partial charge in [-0.15, -0.1) is 0 Å². The number of nitrogens with zero attached hydrogens (tertiary/aromatic N) is 2. The summed E-state index contributed by atoms with van der Waals surface area (Å²) in [5, 5.41) is 52.4. The number of imidazole rings is 1. The van der Waals surface area contributed by atoms with Crippen molar-refractivity contribution in [1.29, 1.82) is 10.7 Å². The van der Waals surface area contributed by atoms with Crippen LogP contribution in [0.25, 0.3) is 0 Å². The van der Waals surface area contributed by atoms with Crippen molar-refractivity contribution in [2.75, 3.05) is 0 Å². The number of allylic oxidation sites excluding steroid dienone is 5. The number of aliphatic hydroxyl groups is 3. The van der Waals surface area contributed by atoms with Crippen LogP contribution in [0.3, 0.4) is 0 Å². The summed E-state index contributed by atoms with van der Waals surface area (Å²) in [6.07, 6.45) is 7.66. The number of H-pyrrole nitrogens is 1. The van der Waals surface area contributed by atoms with Gasteiger partial charge in [-0.25, -0.2) is 4.98 Å². The van der Waals surface area contributed by atoms with E-state index < -0.39 is 29.6 Å². The van der Waals surface area contributed by atoms with Crippen molar-refractivity contribution >= 4 is 5.71 Å². The second-order valence-corrected chi connectivity index (χ2v) is 11.6. The van der Waals surface area contributed by atoms with E-state index in [1.165, 1.54) is 6.20 Å². The Bertz CT molecular complexity index is 1090. The van der Waals surface area contributed by atoms with Crippen molar-refractivity contribution in [2.45, 2.75) is 90.4 Å². The molecule has 6 atom stereocenters. The summed E-state index contributed by atoms with van der Waals surface area (Å²) < 4.78 is 6.02. The van der Waals surface area contributed by atoms with Crippen molar-refractivity contribution in [3.63, 3.8) is 0 Å². The van der Waals surface area contributed by atoms with Gasteiger partial charge in [0.2, 0.25) is 0 Å². The molecule has 0 saturated carbocycles. The fraction of sp³-hybridized carbons (Fsp3) is 0.593. The normalized spacial score (nSPS) is 31.9. The highest BCUT2D eigenvalue weighted by molar-refractivity contribution is 6.09. The number of nitriles is 1. The minimum Gasteiger partial charge on any atom is -0.387 e. The van der Waals surface area contributed by atoms with E-state index in [-0.39, 0.29) is 28.6 Å². The number of nitrogens with one attached hydrogen (secondary N) is 3. The molecule has 2 saturated heterocycles. The molecule has 9 nitrogen and oxygen atoms in total. The van der Waals surface area contributed by atoms with Crippen molar-refractivity contribution in [3.05, 3.63) is 53.3 Å². The maximum absolute atomic E-state index is 10.7. The van der Waals surface area contributed by atoms with E-state index in [0.717, 1.165) is 12.0 Å². The first-order valence-corrected chi connectivity index (χ1v) is 12.3. The Kier molecular flexibility index (Phi) is 7.96. The van der Waals surface area contributed by atoms with Crippen LogP contribution in [0, 0.1) is 28.1 Å². The number of aliphatic hydroxyl groups excluding tert-OH is 3. The van der Waals surface area contributed by atoms with Crippen LogP contribution in [0.4, 0.5) is 0 Å². The van der Waals surface area contributed by atoms with Gasteiger partial charge in [0.1, 0.15) is 24.0 Å². The molecule has 2 unspecified atom stereocenters. The van der Waals surface area contributed by atoms with Gasteiger partial charge < -0.3 is 30.4 Å². The molecule has 1 aromatic heterocycles. The van der Waals surface area contributed by atoms with Crippen molar-refractivity contribution in [1.82, 2.24) is 15.3 Å². The SMILES string of the molecule is C/C(=C\CC(C)(C)C)C(=N)/C(=C\C=CC1C[C@@]2(C)O[C@@](C)(C1)[C@H](O)[C@@H]2O)NC(O)c1ncc(C#N)[nH]1.